The molecular weight excluding hydrogens is 217 g/mol. The average molecular weight is 232 g/mol. The second-order valence-corrected chi connectivity index (χ2v) is 3.61. The Morgan fingerprint density at radius 3 is 2.44 bits per heavy atom. The Hall–Kier alpha value is -1.19. The number of unbranched alkanes of at least 4 members (excludes halogenated alkanes) is 2. The molecule has 0 heterocycles. The van der Waals surface area contributed by atoms with Gasteiger partial charge < -0.3 is 4.74 Å². The van der Waals surface area contributed by atoms with Crippen LogP contribution in [0.15, 0.2) is 24.3 Å². The summed E-state index contributed by atoms with van der Waals surface area (Å²) in [5.41, 5.74) is 0.619. The quantitative estimate of drug-likeness (QED) is 0.687. The summed E-state index contributed by atoms with van der Waals surface area (Å²) in [5.74, 6) is -0.0777. The molecule has 0 unspecified atom stereocenters. The van der Waals surface area contributed by atoms with Crippen molar-refractivity contribution in [3.63, 3.8) is 0 Å². The largest absolute Gasteiger partial charge is 0.573 e. The highest BCUT2D eigenvalue weighted by Crippen LogP contribution is 2.27. The number of hydrogen-bond acceptors (Lipinski definition) is 1. The van der Waals surface area contributed by atoms with E-state index in [1.165, 1.54) is 6.07 Å². The molecule has 0 aliphatic heterocycles. The van der Waals surface area contributed by atoms with E-state index in [9.17, 15) is 13.2 Å². The van der Waals surface area contributed by atoms with Crippen LogP contribution < -0.4 is 4.74 Å². The Labute approximate surface area is 93.2 Å². The van der Waals surface area contributed by atoms with Gasteiger partial charge in [-0.1, -0.05) is 38.0 Å². The van der Waals surface area contributed by atoms with Gasteiger partial charge in [0.25, 0.3) is 0 Å². The third-order valence-electron chi connectivity index (χ3n) is 2.25. The number of alkyl halides is 3. The minimum Gasteiger partial charge on any atom is -0.406 e. The minimum absolute atomic E-state index is 0.0777. The predicted molar refractivity (Wildman–Crippen MR) is 56.4 cm³/mol. The summed E-state index contributed by atoms with van der Waals surface area (Å²) >= 11 is 0. The molecular formula is C12H15F3O. The van der Waals surface area contributed by atoms with Crippen LogP contribution in [0, 0.1) is 0 Å². The van der Waals surface area contributed by atoms with Crippen LogP contribution in [0.3, 0.4) is 0 Å². The van der Waals surface area contributed by atoms with Crippen molar-refractivity contribution < 1.29 is 17.9 Å². The van der Waals surface area contributed by atoms with E-state index in [1.807, 2.05) is 0 Å². The van der Waals surface area contributed by atoms with Crippen LogP contribution in [-0.4, -0.2) is 6.36 Å². The molecule has 0 saturated heterocycles. The van der Waals surface area contributed by atoms with Crippen molar-refractivity contribution in [3.05, 3.63) is 29.8 Å². The summed E-state index contributed by atoms with van der Waals surface area (Å²) < 4.78 is 40.2. The molecule has 0 atom stereocenters. The van der Waals surface area contributed by atoms with E-state index < -0.39 is 6.36 Å². The van der Waals surface area contributed by atoms with Crippen molar-refractivity contribution >= 4 is 0 Å². The standard InChI is InChI=1S/C12H15F3O/c1-2-3-4-7-10-8-5-6-9-11(10)16-12(13,14)15/h5-6,8-9H,2-4,7H2,1H3. The topological polar surface area (TPSA) is 9.23 Å². The minimum atomic E-state index is -4.61. The number of benzene rings is 1. The average Bonchev–Trinajstić information content (AvgIpc) is 2.19. The number of aryl methyl sites for hydroxylation is 1. The summed E-state index contributed by atoms with van der Waals surface area (Å²) in [5, 5.41) is 0. The predicted octanol–water partition coefficient (Wildman–Crippen LogP) is 4.32. The van der Waals surface area contributed by atoms with Crippen molar-refractivity contribution in [1.82, 2.24) is 0 Å². The molecule has 0 N–H and O–H groups in total. The van der Waals surface area contributed by atoms with Gasteiger partial charge in [0, 0.05) is 0 Å². The summed E-state index contributed by atoms with van der Waals surface area (Å²) in [7, 11) is 0. The monoisotopic (exact) mass is 232 g/mol. The lowest BCUT2D eigenvalue weighted by Gasteiger charge is -2.12. The summed E-state index contributed by atoms with van der Waals surface area (Å²) in [6.45, 7) is 2.05. The number of hydrogen-bond donors (Lipinski definition) is 0. The first-order chi connectivity index (χ1) is 7.53. The third kappa shape index (κ3) is 4.55. The molecule has 0 saturated carbocycles. The molecule has 1 aromatic rings. The Morgan fingerprint density at radius 2 is 1.81 bits per heavy atom. The van der Waals surface area contributed by atoms with Crippen molar-refractivity contribution in [2.45, 2.75) is 39.0 Å². The first-order valence-corrected chi connectivity index (χ1v) is 5.36. The highest BCUT2D eigenvalue weighted by Gasteiger charge is 2.31. The lowest BCUT2D eigenvalue weighted by atomic mass is 10.1. The highest BCUT2D eigenvalue weighted by molar-refractivity contribution is 5.33. The molecule has 90 valence electrons. The van der Waals surface area contributed by atoms with Gasteiger partial charge in [0.1, 0.15) is 5.75 Å². The molecule has 0 aliphatic rings. The van der Waals surface area contributed by atoms with E-state index in [2.05, 4.69) is 11.7 Å². The molecule has 0 radical (unpaired) electrons. The maximum Gasteiger partial charge on any atom is 0.573 e. The molecule has 16 heavy (non-hydrogen) atoms. The normalized spacial score (nSPS) is 11.5. The first kappa shape index (κ1) is 12.9. The first-order valence-electron chi connectivity index (χ1n) is 5.36. The van der Waals surface area contributed by atoms with E-state index in [4.69, 9.17) is 0 Å². The number of rotatable bonds is 5. The van der Waals surface area contributed by atoms with Crippen molar-refractivity contribution in [2.75, 3.05) is 0 Å². The van der Waals surface area contributed by atoms with E-state index in [1.54, 1.807) is 18.2 Å². The highest BCUT2D eigenvalue weighted by atomic mass is 19.4. The van der Waals surface area contributed by atoms with Gasteiger partial charge in [0.05, 0.1) is 0 Å². The van der Waals surface area contributed by atoms with Gasteiger partial charge in [-0.15, -0.1) is 13.2 Å². The Morgan fingerprint density at radius 1 is 1.12 bits per heavy atom. The SMILES string of the molecule is CCCCCc1ccccc1OC(F)(F)F. The van der Waals surface area contributed by atoms with Gasteiger partial charge in [0.2, 0.25) is 0 Å². The maximum atomic E-state index is 12.1. The van der Waals surface area contributed by atoms with Gasteiger partial charge in [-0.25, -0.2) is 0 Å². The number of para-hydroxylation sites is 1. The lowest BCUT2D eigenvalue weighted by Crippen LogP contribution is -2.18. The lowest BCUT2D eigenvalue weighted by molar-refractivity contribution is -0.274. The molecule has 1 nitrogen and oxygen atoms in total. The fourth-order valence-corrected chi connectivity index (χ4v) is 1.50. The van der Waals surface area contributed by atoms with Gasteiger partial charge >= 0.3 is 6.36 Å². The van der Waals surface area contributed by atoms with Crippen molar-refractivity contribution in [3.8, 4) is 5.75 Å². The van der Waals surface area contributed by atoms with Crippen LogP contribution in [0.2, 0.25) is 0 Å². The van der Waals surface area contributed by atoms with Crippen molar-refractivity contribution in [2.24, 2.45) is 0 Å². The Kier molecular flexibility index (Phi) is 4.65. The molecule has 1 rings (SSSR count). The molecule has 4 heteroatoms. The molecule has 0 aliphatic carbocycles. The second kappa shape index (κ2) is 5.77. The zero-order chi connectivity index (χ0) is 12.0. The number of halogens is 3. The maximum absolute atomic E-state index is 12.1. The Bertz CT molecular complexity index is 320. The Balaban J connectivity index is 2.68. The van der Waals surface area contributed by atoms with Gasteiger partial charge in [0.15, 0.2) is 0 Å². The number of ether oxygens (including phenoxy) is 1. The van der Waals surface area contributed by atoms with Gasteiger partial charge in [-0.05, 0) is 24.5 Å². The summed E-state index contributed by atoms with van der Waals surface area (Å²) in [6, 6.07) is 6.31. The zero-order valence-corrected chi connectivity index (χ0v) is 9.18. The van der Waals surface area contributed by atoms with E-state index in [-0.39, 0.29) is 5.75 Å². The summed E-state index contributed by atoms with van der Waals surface area (Å²) in [6.07, 6.45) is -1.04. The van der Waals surface area contributed by atoms with Gasteiger partial charge in [-0.3, -0.25) is 0 Å². The fourth-order valence-electron chi connectivity index (χ4n) is 1.50. The van der Waals surface area contributed by atoms with Crippen LogP contribution >= 0.6 is 0 Å². The fraction of sp³-hybridized carbons (Fsp3) is 0.500. The smallest absolute Gasteiger partial charge is 0.406 e. The molecule has 0 aromatic heterocycles. The summed E-state index contributed by atoms with van der Waals surface area (Å²) in [4.78, 5) is 0. The molecule has 0 fully saturated rings. The third-order valence-corrected chi connectivity index (χ3v) is 2.25. The van der Waals surface area contributed by atoms with Gasteiger partial charge in [-0.2, -0.15) is 0 Å². The van der Waals surface area contributed by atoms with Crippen LogP contribution in [0.1, 0.15) is 31.7 Å². The molecule has 0 spiro atoms. The zero-order valence-electron chi connectivity index (χ0n) is 9.18. The van der Waals surface area contributed by atoms with E-state index in [0.29, 0.717) is 12.0 Å². The van der Waals surface area contributed by atoms with Crippen LogP contribution in [-0.2, 0) is 6.42 Å². The van der Waals surface area contributed by atoms with Crippen LogP contribution in [0.25, 0.3) is 0 Å². The van der Waals surface area contributed by atoms with Crippen LogP contribution in [0.5, 0.6) is 5.75 Å². The van der Waals surface area contributed by atoms with E-state index in [0.717, 1.165) is 19.3 Å². The van der Waals surface area contributed by atoms with E-state index >= 15 is 0 Å². The van der Waals surface area contributed by atoms with Crippen LogP contribution in [0.4, 0.5) is 13.2 Å². The molecule has 0 bridgehead atoms. The second-order valence-electron chi connectivity index (χ2n) is 3.61. The molecule has 0 amide bonds. The molecule has 1 aromatic carbocycles. The van der Waals surface area contributed by atoms with Crippen molar-refractivity contribution in [1.29, 1.82) is 0 Å².